The highest BCUT2D eigenvalue weighted by Gasteiger charge is 2.43. The number of aryl methyl sites for hydroxylation is 2. The van der Waals surface area contributed by atoms with E-state index in [1.165, 1.54) is 4.90 Å². The van der Waals surface area contributed by atoms with Gasteiger partial charge >= 0.3 is 0 Å². The Kier molecular flexibility index (Phi) is 5.62. The number of nitriles is 1. The lowest BCUT2D eigenvalue weighted by molar-refractivity contribution is -0.120. The van der Waals surface area contributed by atoms with Gasteiger partial charge in [0.25, 0.3) is 11.8 Å². The van der Waals surface area contributed by atoms with Crippen LogP contribution in [-0.4, -0.2) is 54.3 Å². The van der Waals surface area contributed by atoms with Crippen LogP contribution >= 0.6 is 0 Å². The van der Waals surface area contributed by atoms with Crippen molar-refractivity contribution < 1.29 is 9.59 Å². The van der Waals surface area contributed by atoms with Crippen molar-refractivity contribution >= 4 is 23.1 Å². The van der Waals surface area contributed by atoms with E-state index in [0.717, 1.165) is 36.3 Å². The van der Waals surface area contributed by atoms with E-state index in [1.807, 2.05) is 32.0 Å². The van der Waals surface area contributed by atoms with Gasteiger partial charge in [0, 0.05) is 26.2 Å². The molecule has 0 bridgehead atoms. The predicted molar refractivity (Wildman–Crippen MR) is 120 cm³/mol. The van der Waals surface area contributed by atoms with Crippen molar-refractivity contribution in [2.75, 3.05) is 37.6 Å². The van der Waals surface area contributed by atoms with Crippen LogP contribution in [0, 0.1) is 25.2 Å². The van der Waals surface area contributed by atoms with E-state index in [2.05, 4.69) is 22.8 Å². The van der Waals surface area contributed by atoms with Gasteiger partial charge in [0.15, 0.2) is 0 Å². The summed E-state index contributed by atoms with van der Waals surface area (Å²) < 4.78 is 0. The molecule has 2 aromatic rings. The Morgan fingerprint density at radius 2 is 1.61 bits per heavy atom. The lowest BCUT2D eigenvalue weighted by Crippen LogP contribution is -2.47. The normalized spacial score (nSPS) is 17.5. The van der Waals surface area contributed by atoms with Gasteiger partial charge in [0.2, 0.25) is 0 Å². The number of carbonyl (C=O) groups is 2. The molecule has 0 unspecified atom stereocenters. The highest BCUT2D eigenvalue weighted by molar-refractivity contribution is 6.45. The monoisotopic (exact) mass is 414 g/mol. The van der Waals surface area contributed by atoms with Crippen molar-refractivity contribution in [1.82, 2.24) is 9.80 Å². The summed E-state index contributed by atoms with van der Waals surface area (Å²) in [6, 6.07) is 14.6. The molecule has 0 aromatic heterocycles. The minimum atomic E-state index is -0.311. The standard InChI is InChI=1S/C25H26N4O2/c1-4-27-11-13-28(14-12-27)23-22(21-10-5-17(2)15-18(21)3)24(30)29(25(23)31)20-8-6-19(16-26)7-9-20/h5-10,15H,4,11-14H2,1-3H3. The van der Waals surface area contributed by atoms with Crippen LogP contribution in [0.4, 0.5) is 5.69 Å². The first kappa shape index (κ1) is 20.8. The van der Waals surface area contributed by atoms with Crippen LogP contribution in [0.25, 0.3) is 5.57 Å². The summed E-state index contributed by atoms with van der Waals surface area (Å²) in [6.45, 7) is 10.2. The summed E-state index contributed by atoms with van der Waals surface area (Å²) in [5.74, 6) is -0.607. The number of rotatable bonds is 4. The van der Waals surface area contributed by atoms with Crippen molar-refractivity contribution in [1.29, 1.82) is 5.26 Å². The molecule has 2 heterocycles. The van der Waals surface area contributed by atoms with Crippen LogP contribution in [0.2, 0.25) is 0 Å². The minimum absolute atomic E-state index is 0.297. The van der Waals surface area contributed by atoms with Gasteiger partial charge in [-0.15, -0.1) is 0 Å². The van der Waals surface area contributed by atoms with Crippen LogP contribution in [-0.2, 0) is 9.59 Å². The number of carbonyl (C=O) groups excluding carboxylic acids is 2. The molecule has 4 rings (SSSR count). The van der Waals surface area contributed by atoms with E-state index in [9.17, 15) is 9.59 Å². The minimum Gasteiger partial charge on any atom is -0.364 e. The molecule has 0 radical (unpaired) electrons. The van der Waals surface area contributed by atoms with Crippen LogP contribution < -0.4 is 4.90 Å². The van der Waals surface area contributed by atoms with Crippen LogP contribution in [0.5, 0.6) is 0 Å². The zero-order valence-corrected chi connectivity index (χ0v) is 18.2. The van der Waals surface area contributed by atoms with E-state index in [0.29, 0.717) is 35.6 Å². The van der Waals surface area contributed by atoms with Crippen LogP contribution in [0.1, 0.15) is 29.2 Å². The number of benzene rings is 2. The molecular formula is C25H26N4O2. The Morgan fingerprint density at radius 3 is 2.19 bits per heavy atom. The molecule has 0 spiro atoms. The average Bonchev–Trinajstić information content (AvgIpc) is 3.04. The first-order valence-electron chi connectivity index (χ1n) is 10.6. The molecule has 2 aliphatic heterocycles. The van der Waals surface area contributed by atoms with Crippen LogP contribution in [0.3, 0.4) is 0 Å². The van der Waals surface area contributed by atoms with E-state index in [1.54, 1.807) is 24.3 Å². The molecule has 6 heteroatoms. The van der Waals surface area contributed by atoms with Crippen molar-refractivity contribution in [2.24, 2.45) is 0 Å². The third-order valence-corrected chi connectivity index (χ3v) is 6.10. The summed E-state index contributed by atoms with van der Waals surface area (Å²) in [5, 5.41) is 9.08. The zero-order valence-electron chi connectivity index (χ0n) is 18.2. The Morgan fingerprint density at radius 1 is 0.935 bits per heavy atom. The van der Waals surface area contributed by atoms with Crippen molar-refractivity contribution in [2.45, 2.75) is 20.8 Å². The molecule has 158 valence electrons. The molecule has 2 aromatic carbocycles. The quantitative estimate of drug-likeness (QED) is 0.719. The molecule has 1 saturated heterocycles. The second kappa shape index (κ2) is 8.37. The van der Waals surface area contributed by atoms with Gasteiger partial charge < -0.3 is 9.80 Å². The Balaban J connectivity index is 1.80. The van der Waals surface area contributed by atoms with E-state index >= 15 is 0 Å². The molecule has 31 heavy (non-hydrogen) atoms. The summed E-state index contributed by atoms with van der Waals surface area (Å²) >= 11 is 0. The Labute approximate surface area is 183 Å². The fraction of sp³-hybridized carbons (Fsp3) is 0.320. The fourth-order valence-corrected chi connectivity index (χ4v) is 4.36. The molecule has 6 nitrogen and oxygen atoms in total. The van der Waals surface area contributed by atoms with Crippen LogP contribution in [0.15, 0.2) is 48.2 Å². The van der Waals surface area contributed by atoms with Gasteiger partial charge in [-0.3, -0.25) is 9.59 Å². The van der Waals surface area contributed by atoms with Gasteiger partial charge in [0.1, 0.15) is 5.70 Å². The largest absolute Gasteiger partial charge is 0.364 e. The summed E-state index contributed by atoms with van der Waals surface area (Å²) in [7, 11) is 0. The summed E-state index contributed by atoms with van der Waals surface area (Å²) in [4.78, 5) is 32.9. The molecule has 0 saturated carbocycles. The maximum Gasteiger partial charge on any atom is 0.282 e. The Hall–Kier alpha value is -3.43. The molecule has 2 aliphatic rings. The Bertz CT molecular complexity index is 1100. The van der Waals surface area contributed by atoms with Gasteiger partial charge in [-0.05, 0) is 55.8 Å². The van der Waals surface area contributed by atoms with E-state index < -0.39 is 0 Å². The number of hydrogen-bond donors (Lipinski definition) is 0. The van der Waals surface area contributed by atoms with Gasteiger partial charge in [0.05, 0.1) is 22.9 Å². The number of hydrogen-bond acceptors (Lipinski definition) is 5. The zero-order chi connectivity index (χ0) is 22.1. The maximum absolute atomic E-state index is 13.6. The lowest BCUT2D eigenvalue weighted by atomic mass is 9.97. The number of nitrogens with zero attached hydrogens (tertiary/aromatic N) is 4. The number of piperazine rings is 1. The number of imide groups is 1. The smallest absolute Gasteiger partial charge is 0.282 e. The SMILES string of the molecule is CCN1CCN(C2=C(c3ccc(C)cc3C)C(=O)N(c3ccc(C#N)cc3)C2=O)CC1. The molecule has 0 N–H and O–H groups in total. The third kappa shape index (κ3) is 3.73. The first-order chi connectivity index (χ1) is 14.9. The second-order valence-electron chi connectivity index (χ2n) is 8.07. The number of anilines is 1. The third-order valence-electron chi connectivity index (χ3n) is 6.10. The highest BCUT2D eigenvalue weighted by Crippen LogP contribution is 2.36. The highest BCUT2D eigenvalue weighted by atomic mass is 16.2. The first-order valence-corrected chi connectivity index (χ1v) is 10.6. The number of likely N-dealkylation sites (N-methyl/N-ethyl adjacent to an activating group) is 1. The van der Waals surface area contributed by atoms with E-state index in [-0.39, 0.29) is 11.8 Å². The molecule has 2 amide bonds. The molecule has 1 fully saturated rings. The molecular weight excluding hydrogens is 388 g/mol. The summed E-state index contributed by atoms with van der Waals surface area (Å²) in [5.41, 5.74) is 4.81. The van der Waals surface area contributed by atoms with Gasteiger partial charge in [-0.2, -0.15) is 5.26 Å². The van der Waals surface area contributed by atoms with Crippen molar-refractivity contribution in [3.63, 3.8) is 0 Å². The van der Waals surface area contributed by atoms with Crippen molar-refractivity contribution in [3.05, 3.63) is 70.4 Å². The molecule has 0 aliphatic carbocycles. The average molecular weight is 415 g/mol. The molecule has 0 atom stereocenters. The van der Waals surface area contributed by atoms with Gasteiger partial charge in [-0.1, -0.05) is 30.7 Å². The predicted octanol–water partition coefficient (Wildman–Crippen LogP) is 3.10. The maximum atomic E-state index is 13.6. The topological polar surface area (TPSA) is 67.7 Å². The second-order valence-corrected chi connectivity index (χ2v) is 8.07. The van der Waals surface area contributed by atoms with Gasteiger partial charge in [-0.25, -0.2) is 4.90 Å². The number of amides is 2. The lowest BCUT2D eigenvalue weighted by Gasteiger charge is -2.36. The summed E-state index contributed by atoms with van der Waals surface area (Å²) in [6.07, 6.45) is 0. The fourth-order valence-electron chi connectivity index (χ4n) is 4.36. The van der Waals surface area contributed by atoms with Crippen molar-refractivity contribution in [3.8, 4) is 6.07 Å². The van der Waals surface area contributed by atoms with E-state index in [4.69, 9.17) is 5.26 Å².